The molecule has 4 aliphatic carbocycles. The average Bonchev–Trinajstić information content (AvgIpc) is 2.68. The summed E-state index contributed by atoms with van der Waals surface area (Å²) in [6.07, 6.45) is 4.56. The summed E-state index contributed by atoms with van der Waals surface area (Å²) in [7, 11) is 0. The maximum Gasteiger partial charge on any atom is 0.168 e. The normalized spacial score (nSPS) is 58.8. The fraction of sp³-hybridized carbons (Fsp3) is 0.864. The smallest absolute Gasteiger partial charge is 0.168 e. The van der Waals surface area contributed by atoms with Crippen LogP contribution in [0.2, 0.25) is 0 Å². The lowest BCUT2D eigenvalue weighted by molar-refractivity contribution is -0.356. The maximum absolute atomic E-state index is 13.6. The van der Waals surface area contributed by atoms with E-state index in [2.05, 4.69) is 34.3 Å². The number of hydrogen-bond donors (Lipinski definition) is 1. The highest BCUT2D eigenvalue weighted by Crippen LogP contribution is 2.78. The van der Waals surface area contributed by atoms with Gasteiger partial charge >= 0.3 is 0 Å². The molecule has 2 saturated heterocycles. The molecule has 2 heterocycles. The Bertz CT molecular complexity index is 681. The standard InChI is InChI=1S/C22H32O3/c1-12-14-6-7-15-21-11-25-20(5,22(15,13(14)2)18(12)24)10-16(21)19(3,4)9-8-17(21)23/h13-17,23H,1,6-11H2,2-5H3/t13-,14+,15+,16-,17+,20+,21+,22+/m1/s1. The van der Waals surface area contributed by atoms with Crippen molar-refractivity contribution in [2.45, 2.75) is 71.5 Å². The van der Waals surface area contributed by atoms with Crippen LogP contribution in [0.5, 0.6) is 0 Å². The zero-order valence-electron chi connectivity index (χ0n) is 16.1. The molecule has 1 N–H and O–H groups in total. The molecular weight excluding hydrogens is 312 g/mol. The highest BCUT2D eigenvalue weighted by atomic mass is 16.5. The number of allylic oxidation sites excluding steroid dienone is 1. The van der Waals surface area contributed by atoms with Crippen molar-refractivity contribution < 1.29 is 14.6 Å². The summed E-state index contributed by atoms with van der Waals surface area (Å²) in [6.45, 7) is 14.0. The number of aliphatic hydroxyl groups excluding tert-OH is 1. The number of carbonyl (C=O) groups is 1. The molecule has 0 aromatic carbocycles. The van der Waals surface area contributed by atoms with Crippen LogP contribution in [0, 0.1) is 39.9 Å². The van der Waals surface area contributed by atoms with Crippen molar-refractivity contribution >= 4 is 5.78 Å². The van der Waals surface area contributed by atoms with Crippen LogP contribution in [-0.2, 0) is 9.53 Å². The van der Waals surface area contributed by atoms with Crippen LogP contribution >= 0.6 is 0 Å². The molecule has 6 fully saturated rings. The number of ketones is 1. The Morgan fingerprint density at radius 3 is 2.60 bits per heavy atom. The maximum atomic E-state index is 13.6. The van der Waals surface area contributed by atoms with Crippen molar-refractivity contribution in [3.8, 4) is 0 Å². The quantitative estimate of drug-likeness (QED) is 0.681. The van der Waals surface area contributed by atoms with Crippen LogP contribution in [0.4, 0.5) is 0 Å². The highest BCUT2D eigenvalue weighted by molar-refractivity contribution is 6.04. The predicted molar refractivity (Wildman–Crippen MR) is 95.9 cm³/mol. The summed E-state index contributed by atoms with van der Waals surface area (Å²) in [5, 5.41) is 11.3. The number of fused-ring (bicyclic) bond motifs is 2. The van der Waals surface area contributed by atoms with E-state index in [1.165, 1.54) is 0 Å². The second-order valence-electron chi connectivity index (χ2n) is 10.7. The first-order valence-corrected chi connectivity index (χ1v) is 10.2. The van der Waals surface area contributed by atoms with E-state index in [1.807, 2.05) is 0 Å². The number of carbonyl (C=O) groups excluding carboxylic acids is 1. The minimum absolute atomic E-state index is 0.199. The van der Waals surface area contributed by atoms with Gasteiger partial charge in [-0.25, -0.2) is 0 Å². The Balaban J connectivity index is 1.77. The molecule has 25 heavy (non-hydrogen) atoms. The van der Waals surface area contributed by atoms with Crippen LogP contribution in [0.3, 0.4) is 0 Å². The van der Waals surface area contributed by atoms with Crippen LogP contribution < -0.4 is 0 Å². The van der Waals surface area contributed by atoms with Crippen molar-refractivity contribution in [3.63, 3.8) is 0 Å². The van der Waals surface area contributed by atoms with Crippen LogP contribution in [0.15, 0.2) is 12.2 Å². The molecule has 138 valence electrons. The van der Waals surface area contributed by atoms with Crippen molar-refractivity contribution in [2.75, 3.05) is 6.61 Å². The zero-order valence-corrected chi connectivity index (χ0v) is 16.1. The minimum Gasteiger partial charge on any atom is -0.392 e. The van der Waals surface area contributed by atoms with E-state index >= 15 is 0 Å². The summed E-state index contributed by atoms with van der Waals surface area (Å²) in [4.78, 5) is 13.6. The number of rotatable bonds is 0. The van der Waals surface area contributed by atoms with Gasteiger partial charge in [0, 0.05) is 5.41 Å². The van der Waals surface area contributed by atoms with Crippen molar-refractivity contribution in [1.82, 2.24) is 0 Å². The Labute approximate surface area is 151 Å². The van der Waals surface area contributed by atoms with Gasteiger partial charge in [0.15, 0.2) is 5.78 Å². The monoisotopic (exact) mass is 344 g/mol. The average molecular weight is 344 g/mol. The van der Waals surface area contributed by atoms with Gasteiger partial charge in [0.1, 0.15) is 0 Å². The second kappa shape index (κ2) is 4.42. The van der Waals surface area contributed by atoms with Gasteiger partial charge in [0.2, 0.25) is 0 Å². The molecule has 3 heteroatoms. The van der Waals surface area contributed by atoms with Gasteiger partial charge in [-0.2, -0.15) is 0 Å². The van der Waals surface area contributed by atoms with Crippen molar-refractivity contribution in [2.24, 2.45) is 39.9 Å². The molecule has 6 rings (SSSR count). The van der Waals surface area contributed by atoms with Gasteiger partial charge in [-0.1, -0.05) is 27.4 Å². The molecule has 4 bridgehead atoms. The van der Waals surface area contributed by atoms with E-state index in [0.717, 1.165) is 37.7 Å². The molecule has 2 spiro atoms. The Kier molecular flexibility index (Phi) is 2.91. The van der Waals surface area contributed by atoms with E-state index in [1.54, 1.807) is 0 Å². The van der Waals surface area contributed by atoms with E-state index in [0.29, 0.717) is 18.4 Å². The molecule has 3 nitrogen and oxygen atoms in total. The lowest BCUT2D eigenvalue weighted by atomic mass is 9.34. The first kappa shape index (κ1) is 16.5. The molecule has 0 aromatic heterocycles. The summed E-state index contributed by atoms with van der Waals surface area (Å²) in [5.74, 6) is 1.54. The molecule has 6 aliphatic rings. The molecule has 0 aromatic rings. The summed E-state index contributed by atoms with van der Waals surface area (Å²) < 4.78 is 6.55. The first-order chi connectivity index (χ1) is 11.6. The summed E-state index contributed by atoms with van der Waals surface area (Å²) in [5.41, 5.74) is -0.0859. The highest BCUT2D eigenvalue weighted by Gasteiger charge is 2.81. The van der Waals surface area contributed by atoms with E-state index in [-0.39, 0.29) is 34.6 Å². The fourth-order valence-electron chi connectivity index (χ4n) is 8.69. The van der Waals surface area contributed by atoms with E-state index in [4.69, 9.17) is 4.74 Å². The van der Waals surface area contributed by atoms with E-state index in [9.17, 15) is 9.90 Å². The van der Waals surface area contributed by atoms with E-state index < -0.39 is 11.0 Å². The number of Topliss-reactive ketones (excluding diaryl/α,β-unsaturated/α-hetero) is 1. The first-order valence-electron chi connectivity index (χ1n) is 10.2. The zero-order chi connectivity index (χ0) is 18.0. The molecule has 8 atom stereocenters. The number of ether oxygens (including phenoxy) is 1. The molecule has 2 aliphatic heterocycles. The van der Waals surface area contributed by atoms with Gasteiger partial charge in [-0.05, 0) is 73.7 Å². The largest absolute Gasteiger partial charge is 0.392 e. The Morgan fingerprint density at radius 1 is 1.16 bits per heavy atom. The topological polar surface area (TPSA) is 46.5 Å². The third-order valence-corrected chi connectivity index (χ3v) is 9.79. The predicted octanol–water partition coefficient (Wildman–Crippen LogP) is 3.75. The van der Waals surface area contributed by atoms with Gasteiger partial charge in [-0.3, -0.25) is 4.79 Å². The Hall–Kier alpha value is -0.670. The van der Waals surface area contributed by atoms with Gasteiger partial charge < -0.3 is 9.84 Å². The Morgan fingerprint density at radius 2 is 1.88 bits per heavy atom. The molecule has 4 saturated carbocycles. The van der Waals surface area contributed by atoms with Crippen molar-refractivity contribution in [1.29, 1.82) is 0 Å². The SMILES string of the molecule is C=C1C(=O)[C@]23[C@H](C)[C@H]1CC[C@H]2[C@@]12CO[C@@]3(C)C[C@@H]1C(C)(C)CC[C@@H]2O. The third-order valence-electron chi connectivity index (χ3n) is 9.79. The minimum atomic E-state index is -0.462. The third kappa shape index (κ3) is 1.46. The van der Waals surface area contributed by atoms with Crippen molar-refractivity contribution in [3.05, 3.63) is 12.2 Å². The molecule has 0 unspecified atom stereocenters. The summed E-state index contributed by atoms with van der Waals surface area (Å²) >= 11 is 0. The fourth-order valence-corrected chi connectivity index (χ4v) is 8.69. The van der Waals surface area contributed by atoms with Crippen LogP contribution in [0.25, 0.3) is 0 Å². The lowest BCUT2D eigenvalue weighted by Gasteiger charge is -2.75. The summed E-state index contributed by atoms with van der Waals surface area (Å²) in [6, 6.07) is 0. The van der Waals surface area contributed by atoms with Crippen LogP contribution in [-0.4, -0.2) is 29.2 Å². The van der Waals surface area contributed by atoms with Gasteiger partial charge in [0.05, 0.1) is 23.7 Å². The molecular formula is C22H32O3. The van der Waals surface area contributed by atoms with Gasteiger partial charge in [0.25, 0.3) is 0 Å². The lowest BCUT2D eigenvalue weighted by Crippen LogP contribution is -2.78. The van der Waals surface area contributed by atoms with Gasteiger partial charge in [-0.15, -0.1) is 0 Å². The molecule has 0 radical (unpaired) electrons. The second-order valence-corrected chi connectivity index (χ2v) is 10.7. The number of hydrogen-bond acceptors (Lipinski definition) is 3. The number of aliphatic hydroxyl groups is 1. The van der Waals surface area contributed by atoms with Crippen LogP contribution in [0.1, 0.15) is 59.8 Å². The molecule has 0 amide bonds.